The van der Waals surface area contributed by atoms with E-state index in [1.165, 1.54) is 15.8 Å². The van der Waals surface area contributed by atoms with Crippen molar-refractivity contribution in [1.29, 1.82) is 0 Å². The van der Waals surface area contributed by atoms with Crippen LogP contribution in [0.4, 0.5) is 0 Å². The van der Waals surface area contributed by atoms with Crippen molar-refractivity contribution in [3.63, 3.8) is 0 Å². The number of rotatable bonds is 7. The third-order valence-corrected chi connectivity index (χ3v) is 7.22. The van der Waals surface area contributed by atoms with E-state index in [4.69, 9.17) is 9.72 Å². The standard InChI is InChI=1S/C27H29N3OS/c1-30-16-14-22(15-17-30)28-26(27-29-24-12-5-6-13-25(24)32-27)21-10-7-11-23(18-21)31-19-20-8-3-2-4-9-20/h2-13,18,22,26,28H,14-17,19H2,1H3. The first kappa shape index (κ1) is 21.1. The van der Waals surface area contributed by atoms with Gasteiger partial charge in [-0.25, -0.2) is 4.98 Å². The van der Waals surface area contributed by atoms with Crippen molar-refractivity contribution >= 4 is 21.6 Å². The maximum atomic E-state index is 6.13. The zero-order valence-corrected chi connectivity index (χ0v) is 19.2. The molecular formula is C27H29N3OS. The number of hydrogen-bond donors (Lipinski definition) is 1. The van der Waals surface area contributed by atoms with E-state index in [0.29, 0.717) is 12.6 Å². The minimum atomic E-state index is 0.0566. The number of benzene rings is 3. The predicted octanol–water partition coefficient (Wildman–Crippen LogP) is 5.65. The van der Waals surface area contributed by atoms with E-state index in [2.05, 4.69) is 71.9 Å². The van der Waals surface area contributed by atoms with E-state index in [-0.39, 0.29) is 6.04 Å². The fourth-order valence-electron chi connectivity index (χ4n) is 4.26. The molecule has 0 spiro atoms. The molecule has 1 atom stereocenters. The van der Waals surface area contributed by atoms with Crippen molar-refractivity contribution in [2.24, 2.45) is 0 Å². The van der Waals surface area contributed by atoms with Crippen molar-refractivity contribution in [1.82, 2.24) is 15.2 Å². The van der Waals surface area contributed by atoms with Crippen LogP contribution in [0.15, 0.2) is 78.9 Å². The summed E-state index contributed by atoms with van der Waals surface area (Å²) in [6.45, 7) is 2.83. The van der Waals surface area contributed by atoms with Crippen LogP contribution >= 0.6 is 11.3 Å². The van der Waals surface area contributed by atoms with Gasteiger partial charge in [-0.3, -0.25) is 0 Å². The molecular weight excluding hydrogens is 414 g/mol. The Bertz CT molecular complexity index is 1120. The highest BCUT2D eigenvalue weighted by Gasteiger charge is 2.25. The minimum absolute atomic E-state index is 0.0566. The minimum Gasteiger partial charge on any atom is -0.489 e. The van der Waals surface area contributed by atoms with Crippen LogP contribution in [-0.4, -0.2) is 36.1 Å². The maximum absolute atomic E-state index is 6.13. The lowest BCUT2D eigenvalue weighted by atomic mass is 10.0. The summed E-state index contributed by atoms with van der Waals surface area (Å²) in [4.78, 5) is 7.40. The molecule has 5 heteroatoms. The second-order valence-corrected chi connectivity index (χ2v) is 9.61. The average Bonchev–Trinajstić information content (AvgIpc) is 3.27. The fourth-order valence-corrected chi connectivity index (χ4v) is 5.32. The summed E-state index contributed by atoms with van der Waals surface area (Å²) in [5.74, 6) is 0.891. The van der Waals surface area contributed by atoms with Gasteiger partial charge in [-0.05, 0) is 68.4 Å². The van der Waals surface area contributed by atoms with Gasteiger partial charge in [0.2, 0.25) is 0 Å². The maximum Gasteiger partial charge on any atom is 0.120 e. The summed E-state index contributed by atoms with van der Waals surface area (Å²) < 4.78 is 7.36. The second-order valence-electron chi connectivity index (χ2n) is 8.54. The molecule has 164 valence electrons. The average molecular weight is 444 g/mol. The summed E-state index contributed by atoms with van der Waals surface area (Å²) in [5.41, 5.74) is 3.44. The number of ether oxygens (including phenoxy) is 1. The van der Waals surface area contributed by atoms with Crippen molar-refractivity contribution in [2.45, 2.75) is 31.5 Å². The van der Waals surface area contributed by atoms with Gasteiger partial charge in [0, 0.05) is 6.04 Å². The van der Waals surface area contributed by atoms with Crippen LogP contribution < -0.4 is 10.1 Å². The zero-order valence-electron chi connectivity index (χ0n) is 18.4. The Balaban J connectivity index is 1.41. The smallest absolute Gasteiger partial charge is 0.120 e. The molecule has 5 rings (SSSR count). The number of thiazole rings is 1. The Hall–Kier alpha value is -2.73. The number of nitrogens with zero attached hydrogens (tertiary/aromatic N) is 2. The lowest BCUT2D eigenvalue weighted by Gasteiger charge is -2.32. The summed E-state index contributed by atoms with van der Waals surface area (Å²) in [7, 11) is 2.20. The molecule has 4 aromatic rings. The van der Waals surface area contributed by atoms with Gasteiger partial charge in [0.25, 0.3) is 0 Å². The van der Waals surface area contributed by atoms with Crippen LogP contribution in [0.1, 0.15) is 35.0 Å². The first-order valence-corrected chi connectivity index (χ1v) is 12.1. The van der Waals surface area contributed by atoms with Gasteiger partial charge in [-0.2, -0.15) is 0 Å². The topological polar surface area (TPSA) is 37.4 Å². The van der Waals surface area contributed by atoms with E-state index in [9.17, 15) is 0 Å². The number of nitrogens with one attached hydrogen (secondary N) is 1. The molecule has 4 nitrogen and oxygen atoms in total. The van der Waals surface area contributed by atoms with Crippen molar-refractivity contribution in [2.75, 3.05) is 20.1 Å². The molecule has 1 aromatic heterocycles. The molecule has 1 saturated heterocycles. The lowest BCUT2D eigenvalue weighted by Crippen LogP contribution is -2.42. The van der Waals surface area contributed by atoms with Crippen molar-refractivity contribution < 1.29 is 4.74 Å². The van der Waals surface area contributed by atoms with Gasteiger partial charge in [0.1, 0.15) is 17.4 Å². The largest absolute Gasteiger partial charge is 0.489 e. The SMILES string of the molecule is CN1CCC(NC(c2cccc(OCc3ccccc3)c2)c2nc3ccccc3s2)CC1. The first-order valence-electron chi connectivity index (χ1n) is 11.3. The molecule has 0 saturated carbocycles. The molecule has 32 heavy (non-hydrogen) atoms. The molecule has 0 bridgehead atoms. The van der Waals surface area contributed by atoms with Crippen LogP contribution in [0.25, 0.3) is 10.2 Å². The molecule has 0 aliphatic carbocycles. The van der Waals surface area contributed by atoms with Gasteiger partial charge < -0.3 is 15.0 Å². The molecule has 1 N–H and O–H groups in total. The van der Waals surface area contributed by atoms with E-state index in [1.807, 2.05) is 24.3 Å². The molecule has 2 heterocycles. The molecule has 1 aliphatic heterocycles. The van der Waals surface area contributed by atoms with Gasteiger partial charge in [-0.1, -0.05) is 54.6 Å². The fraction of sp³-hybridized carbons (Fsp3) is 0.296. The summed E-state index contributed by atoms with van der Waals surface area (Å²) >= 11 is 1.78. The van der Waals surface area contributed by atoms with Crippen LogP contribution in [0.3, 0.4) is 0 Å². The van der Waals surface area contributed by atoms with E-state index < -0.39 is 0 Å². The highest BCUT2D eigenvalue weighted by Crippen LogP contribution is 2.33. The van der Waals surface area contributed by atoms with Crippen LogP contribution in [0.2, 0.25) is 0 Å². The molecule has 0 radical (unpaired) electrons. The number of piperidine rings is 1. The van der Waals surface area contributed by atoms with Crippen LogP contribution in [0.5, 0.6) is 5.75 Å². The molecule has 1 aliphatic rings. The second kappa shape index (κ2) is 9.82. The monoisotopic (exact) mass is 443 g/mol. The number of para-hydroxylation sites is 1. The van der Waals surface area contributed by atoms with Gasteiger partial charge in [-0.15, -0.1) is 11.3 Å². The van der Waals surface area contributed by atoms with E-state index in [1.54, 1.807) is 11.3 Å². The number of fused-ring (bicyclic) bond motifs is 1. The first-order chi connectivity index (χ1) is 15.7. The third kappa shape index (κ3) is 5.01. The van der Waals surface area contributed by atoms with Crippen molar-refractivity contribution in [3.05, 3.63) is 95.0 Å². The van der Waals surface area contributed by atoms with Gasteiger partial charge in [0.05, 0.1) is 16.3 Å². The normalized spacial score (nSPS) is 16.3. The van der Waals surface area contributed by atoms with Crippen molar-refractivity contribution in [3.8, 4) is 5.75 Å². The highest BCUT2D eigenvalue weighted by atomic mass is 32.1. The molecule has 3 aromatic carbocycles. The molecule has 1 fully saturated rings. The summed E-state index contributed by atoms with van der Waals surface area (Å²) in [6.07, 6.45) is 2.31. The lowest BCUT2D eigenvalue weighted by molar-refractivity contribution is 0.229. The van der Waals surface area contributed by atoms with Crippen LogP contribution in [-0.2, 0) is 6.61 Å². The Morgan fingerprint density at radius 2 is 1.78 bits per heavy atom. The summed E-state index contributed by atoms with van der Waals surface area (Å²) in [5, 5.41) is 5.05. The van der Waals surface area contributed by atoms with Crippen LogP contribution in [0, 0.1) is 0 Å². The van der Waals surface area contributed by atoms with Gasteiger partial charge >= 0.3 is 0 Å². The Morgan fingerprint density at radius 1 is 1.00 bits per heavy atom. The third-order valence-electron chi connectivity index (χ3n) is 6.12. The number of aromatic nitrogens is 1. The summed E-state index contributed by atoms with van der Waals surface area (Å²) in [6, 6.07) is 27.7. The quantitative estimate of drug-likeness (QED) is 0.401. The zero-order chi connectivity index (χ0) is 21.8. The molecule has 0 amide bonds. The number of likely N-dealkylation sites (tertiary alicyclic amines) is 1. The highest BCUT2D eigenvalue weighted by molar-refractivity contribution is 7.18. The number of hydrogen-bond acceptors (Lipinski definition) is 5. The predicted molar refractivity (Wildman–Crippen MR) is 132 cm³/mol. The van der Waals surface area contributed by atoms with Gasteiger partial charge in [0.15, 0.2) is 0 Å². The Kier molecular flexibility index (Phi) is 6.49. The Labute approximate surface area is 193 Å². The van der Waals surface area contributed by atoms with E-state index >= 15 is 0 Å². The Morgan fingerprint density at radius 3 is 2.59 bits per heavy atom. The molecule has 1 unspecified atom stereocenters. The van der Waals surface area contributed by atoms with E-state index in [0.717, 1.165) is 42.2 Å².